The third kappa shape index (κ3) is 5.67. The molecule has 2 N–H and O–H groups in total. The fourth-order valence-corrected chi connectivity index (χ4v) is 3.17. The van der Waals surface area contributed by atoms with Crippen molar-refractivity contribution in [2.24, 2.45) is 0 Å². The summed E-state index contributed by atoms with van der Waals surface area (Å²) in [6, 6.07) is 6.51. The molecule has 21 heavy (non-hydrogen) atoms. The lowest BCUT2D eigenvalue weighted by Crippen LogP contribution is -2.54. The summed E-state index contributed by atoms with van der Waals surface area (Å²) >= 11 is 1.62. The van der Waals surface area contributed by atoms with Gasteiger partial charge in [-0.2, -0.15) is 0 Å². The molecule has 0 bridgehead atoms. The number of nitrogens with one attached hydrogen (secondary N) is 1. The van der Waals surface area contributed by atoms with E-state index in [1.165, 1.54) is 12.1 Å². The Balaban J connectivity index is 2.50. The molecule has 118 valence electrons. The van der Waals surface area contributed by atoms with Crippen molar-refractivity contribution in [2.75, 3.05) is 5.75 Å². The molecule has 0 saturated heterocycles. The third-order valence-corrected chi connectivity index (χ3v) is 4.51. The Morgan fingerprint density at radius 3 is 2.48 bits per heavy atom. The van der Waals surface area contributed by atoms with Crippen LogP contribution in [0, 0.1) is 5.82 Å². The number of aliphatic carboxylic acids is 1. The maximum atomic E-state index is 12.8. The SMILES string of the molecule is CCC(CCCSc1ccc(F)cc1)(NC(C)C)C(=O)O. The minimum Gasteiger partial charge on any atom is -0.480 e. The second-order valence-electron chi connectivity index (χ2n) is 5.45. The van der Waals surface area contributed by atoms with E-state index in [2.05, 4.69) is 5.32 Å². The lowest BCUT2D eigenvalue weighted by molar-refractivity contribution is -0.145. The summed E-state index contributed by atoms with van der Waals surface area (Å²) in [5.74, 6) is -0.206. The van der Waals surface area contributed by atoms with Crippen LogP contribution in [0.5, 0.6) is 0 Å². The molecule has 0 radical (unpaired) electrons. The first-order valence-corrected chi connectivity index (χ1v) is 8.27. The highest BCUT2D eigenvalue weighted by molar-refractivity contribution is 7.99. The summed E-state index contributed by atoms with van der Waals surface area (Å²) in [7, 11) is 0. The van der Waals surface area contributed by atoms with Crippen molar-refractivity contribution < 1.29 is 14.3 Å². The zero-order chi connectivity index (χ0) is 15.9. The Labute approximate surface area is 130 Å². The number of halogens is 1. The van der Waals surface area contributed by atoms with Crippen LogP contribution in [0.3, 0.4) is 0 Å². The fourth-order valence-electron chi connectivity index (χ4n) is 2.32. The quantitative estimate of drug-likeness (QED) is 0.536. The molecular weight excluding hydrogens is 289 g/mol. The van der Waals surface area contributed by atoms with E-state index in [4.69, 9.17) is 0 Å². The van der Waals surface area contributed by atoms with E-state index in [1.807, 2.05) is 20.8 Å². The van der Waals surface area contributed by atoms with Crippen LogP contribution in [0.1, 0.15) is 40.0 Å². The van der Waals surface area contributed by atoms with Gasteiger partial charge in [-0.05, 0) is 63.1 Å². The minimum absolute atomic E-state index is 0.130. The first kappa shape index (κ1) is 18.0. The molecule has 0 saturated carbocycles. The van der Waals surface area contributed by atoms with Crippen LogP contribution in [0.4, 0.5) is 4.39 Å². The van der Waals surface area contributed by atoms with Crippen molar-refractivity contribution in [1.82, 2.24) is 5.32 Å². The molecule has 0 amide bonds. The predicted molar refractivity (Wildman–Crippen MR) is 85.3 cm³/mol. The van der Waals surface area contributed by atoms with E-state index in [0.717, 1.165) is 17.1 Å². The molecule has 3 nitrogen and oxygen atoms in total. The Hall–Kier alpha value is -1.07. The lowest BCUT2D eigenvalue weighted by Gasteiger charge is -2.31. The zero-order valence-electron chi connectivity index (χ0n) is 12.9. The van der Waals surface area contributed by atoms with E-state index in [-0.39, 0.29) is 11.9 Å². The van der Waals surface area contributed by atoms with Crippen molar-refractivity contribution in [3.05, 3.63) is 30.1 Å². The molecule has 1 aromatic carbocycles. The number of carboxylic acids is 1. The maximum Gasteiger partial charge on any atom is 0.323 e. The van der Waals surface area contributed by atoms with Gasteiger partial charge in [-0.25, -0.2) is 4.39 Å². The number of carbonyl (C=O) groups is 1. The Bertz CT molecular complexity index is 450. The van der Waals surface area contributed by atoms with Crippen LogP contribution < -0.4 is 5.32 Å². The largest absolute Gasteiger partial charge is 0.480 e. The minimum atomic E-state index is -0.850. The van der Waals surface area contributed by atoms with Crippen molar-refractivity contribution in [3.8, 4) is 0 Å². The first-order valence-electron chi connectivity index (χ1n) is 7.29. The van der Waals surface area contributed by atoms with E-state index in [1.54, 1.807) is 23.9 Å². The van der Waals surface area contributed by atoms with Gasteiger partial charge in [0, 0.05) is 10.9 Å². The summed E-state index contributed by atoms with van der Waals surface area (Å²) in [5, 5.41) is 12.7. The monoisotopic (exact) mass is 313 g/mol. The van der Waals surface area contributed by atoms with Gasteiger partial charge in [0.05, 0.1) is 0 Å². The number of rotatable bonds is 9. The Kier molecular flexibility index (Phi) is 7.18. The molecule has 5 heteroatoms. The molecule has 1 rings (SSSR count). The number of thioether (sulfide) groups is 1. The molecule has 0 heterocycles. The highest BCUT2D eigenvalue weighted by Gasteiger charge is 2.36. The standard InChI is InChI=1S/C16H24FNO2S/c1-4-16(15(19)20,18-12(2)3)10-5-11-21-14-8-6-13(17)7-9-14/h6-9,12,18H,4-5,10-11H2,1-3H3,(H,19,20). The smallest absolute Gasteiger partial charge is 0.323 e. The Morgan fingerprint density at radius 1 is 1.38 bits per heavy atom. The molecule has 0 spiro atoms. The average molecular weight is 313 g/mol. The number of benzene rings is 1. The lowest BCUT2D eigenvalue weighted by atomic mass is 9.90. The van der Waals surface area contributed by atoms with E-state index >= 15 is 0 Å². The zero-order valence-corrected chi connectivity index (χ0v) is 13.7. The van der Waals surface area contributed by atoms with Crippen molar-refractivity contribution in [1.29, 1.82) is 0 Å². The molecule has 1 unspecified atom stereocenters. The first-order chi connectivity index (χ1) is 9.89. The van der Waals surface area contributed by atoms with Gasteiger partial charge in [-0.1, -0.05) is 6.92 Å². The van der Waals surface area contributed by atoms with Gasteiger partial charge in [-0.3, -0.25) is 10.1 Å². The number of carboxylic acid groups (broad SMARTS) is 1. The summed E-state index contributed by atoms with van der Waals surface area (Å²) < 4.78 is 12.8. The van der Waals surface area contributed by atoms with Crippen molar-refractivity contribution >= 4 is 17.7 Å². The van der Waals surface area contributed by atoms with Gasteiger partial charge in [0.1, 0.15) is 11.4 Å². The molecule has 1 aromatic rings. The van der Waals surface area contributed by atoms with Gasteiger partial charge in [-0.15, -0.1) is 11.8 Å². The normalized spacial score (nSPS) is 14.1. The highest BCUT2D eigenvalue weighted by Crippen LogP contribution is 2.24. The van der Waals surface area contributed by atoms with Gasteiger partial charge in [0.25, 0.3) is 0 Å². The van der Waals surface area contributed by atoms with Crippen molar-refractivity contribution in [3.63, 3.8) is 0 Å². The van der Waals surface area contributed by atoms with Gasteiger partial charge < -0.3 is 5.11 Å². The Morgan fingerprint density at radius 2 is 2.00 bits per heavy atom. The highest BCUT2D eigenvalue weighted by atomic mass is 32.2. The maximum absolute atomic E-state index is 12.8. The van der Waals surface area contributed by atoms with Gasteiger partial charge >= 0.3 is 5.97 Å². The van der Waals surface area contributed by atoms with Crippen LogP contribution >= 0.6 is 11.8 Å². The second kappa shape index (κ2) is 8.39. The van der Waals surface area contributed by atoms with Crippen LogP contribution in [0.2, 0.25) is 0 Å². The van der Waals surface area contributed by atoms with Crippen LogP contribution in [0.15, 0.2) is 29.2 Å². The molecular formula is C16H24FNO2S. The summed E-state index contributed by atoms with van der Waals surface area (Å²) in [6.07, 6.45) is 1.94. The molecule has 0 aliphatic heterocycles. The predicted octanol–water partition coefficient (Wildman–Crippen LogP) is 3.93. The van der Waals surface area contributed by atoms with Gasteiger partial charge in [0.2, 0.25) is 0 Å². The molecule has 0 fully saturated rings. The second-order valence-corrected chi connectivity index (χ2v) is 6.61. The summed E-state index contributed by atoms with van der Waals surface area (Å²) in [5.41, 5.74) is -0.850. The van der Waals surface area contributed by atoms with Crippen LogP contribution in [0.25, 0.3) is 0 Å². The van der Waals surface area contributed by atoms with Crippen LogP contribution in [-0.4, -0.2) is 28.4 Å². The number of hydrogen-bond acceptors (Lipinski definition) is 3. The van der Waals surface area contributed by atoms with E-state index in [0.29, 0.717) is 12.8 Å². The summed E-state index contributed by atoms with van der Waals surface area (Å²) in [4.78, 5) is 12.6. The van der Waals surface area contributed by atoms with Crippen molar-refractivity contribution in [2.45, 2.75) is 56.5 Å². The molecule has 1 atom stereocenters. The third-order valence-electron chi connectivity index (χ3n) is 3.41. The fraction of sp³-hybridized carbons (Fsp3) is 0.562. The number of hydrogen-bond donors (Lipinski definition) is 2. The van der Waals surface area contributed by atoms with Gasteiger partial charge in [0.15, 0.2) is 0 Å². The average Bonchev–Trinajstić information content (AvgIpc) is 2.43. The molecule has 0 aliphatic rings. The van der Waals surface area contributed by atoms with E-state index in [9.17, 15) is 14.3 Å². The topological polar surface area (TPSA) is 49.3 Å². The molecule has 0 aliphatic carbocycles. The van der Waals surface area contributed by atoms with E-state index < -0.39 is 11.5 Å². The molecule has 0 aromatic heterocycles. The summed E-state index contributed by atoms with van der Waals surface area (Å²) in [6.45, 7) is 5.82. The van der Waals surface area contributed by atoms with Crippen LogP contribution in [-0.2, 0) is 4.79 Å².